The predicted octanol–water partition coefficient (Wildman–Crippen LogP) is 1.21. The van der Waals surface area contributed by atoms with Crippen LogP contribution >= 0.6 is 0 Å². The summed E-state index contributed by atoms with van der Waals surface area (Å²) in [6, 6.07) is 0. The highest BCUT2D eigenvalue weighted by molar-refractivity contribution is 5.70. The molecule has 4 nitrogen and oxygen atoms in total. The van der Waals surface area contributed by atoms with Gasteiger partial charge in [-0.05, 0) is 19.4 Å². The fourth-order valence-electron chi connectivity index (χ4n) is 1.78. The number of carbonyl (C=O) groups is 1. The molecule has 4 heteroatoms. The van der Waals surface area contributed by atoms with Gasteiger partial charge in [0.2, 0.25) is 0 Å². The van der Waals surface area contributed by atoms with Gasteiger partial charge >= 0.3 is 5.97 Å². The second kappa shape index (κ2) is 6.80. The van der Waals surface area contributed by atoms with E-state index in [1.807, 2.05) is 0 Å². The van der Waals surface area contributed by atoms with Gasteiger partial charge in [0, 0.05) is 19.7 Å². The van der Waals surface area contributed by atoms with E-state index < -0.39 is 5.97 Å². The number of carboxylic acid groups (broad SMARTS) is 1. The molecule has 0 aromatic rings. The molecule has 1 fully saturated rings. The molecule has 15 heavy (non-hydrogen) atoms. The zero-order chi connectivity index (χ0) is 11.1. The molecule has 1 unspecified atom stereocenters. The lowest BCUT2D eigenvalue weighted by atomic mass is 10.1. The quantitative estimate of drug-likeness (QED) is 0.648. The second-order valence-corrected chi connectivity index (χ2v) is 4.09. The van der Waals surface area contributed by atoms with Gasteiger partial charge in [0.15, 0.2) is 0 Å². The maximum atomic E-state index is 10.7. The van der Waals surface area contributed by atoms with Gasteiger partial charge in [-0.2, -0.15) is 0 Å². The molecule has 1 aliphatic heterocycles. The summed E-state index contributed by atoms with van der Waals surface area (Å²) >= 11 is 0. The predicted molar refractivity (Wildman–Crippen MR) is 57.9 cm³/mol. The Morgan fingerprint density at radius 1 is 1.53 bits per heavy atom. The molecule has 0 aliphatic carbocycles. The van der Waals surface area contributed by atoms with Crippen LogP contribution in [0.4, 0.5) is 0 Å². The summed E-state index contributed by atoms with van der Waals surface area (Å²) in [7, 11) is 0. The first-order valence-corrected chi connectivity index (χ1v) is 5.77. The lowest BCUT2D eigenvalue weighted by Gasteiger charge is -2.14. The van der Waals surface area contributed by atoms with Crippen LogP contribution in [0.15, 0.2) is 0 Å². The maximum Gasteiger partial charge on any atom is 0.307 e. The average molecular weight is 215 g/mol. The molecule has 0 bridgehead atoms. The molecule has 1 heterocycles. The highest BCUT2D eigenvalue weighted by Gasteiger charge is 2.27. The van der Waals surface area contributed by atoms with Crippen LogP contribution in [0, 0.1) is 5.92 Å². The van der Waals surface area contributed by atoms with Crippen LogP contribution in [0.1, 0.15) is 26.2 Å². The van der Waals surface area contributed by atoms with Crippen LogP contribution in [-0.2, 0) is 9.53 Å². The van der Waals surface area contributed by atoms with Crippen molar-refractivity contribution in [3.8, 4) is 0 Å². The van der Waals surface area contributed by atoms with Crippen LogP contribution in [0.3, 0.4) is 0 Å². The van der Waals surface area contributed by atoms with Crippen LogP contribution in [0.2, 0.25) is 0 Å². The summed E-state index contributed by atoms with van der Waals surface area (Å²) in [4.78, 5) is 12.9. The van der Waals surface area contributed by atoms with Crippen molar-refractivity contribution in [2.45, 2.75) is 26.2 Å². The Balaban J connectivity index is 2.01. The Kier molecular flexibility index (Phi) is 5.65. The lowest BCUT2D eigenvalue weighted by Crippen LogP contribution is -2.26. The van der Waals surface area contributed by atoms with Crippen molar-refractivity contribution < 1.29 is 14.6 Å². The number of hydrogen-bond acceptors (Lipinski definition) is 3. The zero-order valence-electron chi connectivity index (χ0n) is 9.45. The van der Waals surface area contributed by atoms with Gasteiger partial charge in [0.25, 0.3) is 0 Å². The summed E-state index contributed by atoms with van der Waals surface area (Å²) < 4.78 is 5.44. The number of ether oxygens (including phenoxy) is 1. The van der Waals surface area contributed by atoms with Crippen molar-refractivity contribution in [3.05, 3.63) is 0 Å². The van der Waals surface area contributed by atoms with E-state index in [0.29, 0.717) is 6.54 Å². The van der Waals surface area contributed by atoms with E-state index in [1.54, 1.807) is 0 Å². The third kappa shape index (κ3) is 4.62. The molecule has 0 saturated carbocycles. The summed E-state index contributed by atoms with van der Waals surface area (Å²) in [5.41, 5.74) is 0. The van der Waals surface area contributed by atoms with E-state index >= 15 is 0 Å². The van der Waals surface area contributed by atoms with Gasteiger partial charge in [-0.15, -0.1) is 0 Å². The maximum absolute atomic E-state index is 10.7. The Bertz CT molecular complexity index is 196. The monoisotopic (exact) mass is 215 g/mol. The zero-order valence-corrected chi connectivity index (χ0v) is 9.45. The Labute approximate surface area is 91.2 Å². The summed E-state index contributed by atoms with van der Waals surface area (Å²) in [6.45, 7) is 6.15. The van der Waals surface area contributed by atoms with Gasteiger partial charge in [-0.1, -0.05) is 13.3 Å². The fourth-order valence-corrected chi connectivity index (χ4v) is 1.78. The van der Waals surface area contributed by atoms with Gasteiger partial charge in [0.1, 0.15) is 0 Å². The van der Waals surface area contributed by atoms with Crippen molar-refractivity contribution in [3.63, 3.8) is 0 Å². The van der Waals surface area contributed by atoms with Crippen molar-refractivity contribution in [2.24, 2.45) is 5.92 Å². The van der Waals surface area contributed by atoms with E-state index in [2.05, 4.69) is 11.8 Å². The highest BCUT2D eigenvalue weighted by Crippen LogP contribution is 2.15. The first-order chi connectivity index (χ1) is 7.24. The molecule has 0 amide bonds. The smallest absolute Gasteiger partial charge is 0.307 e. The molecule has 1 N–H and O–H groups in total. The van der Waals surface area contributed by atoms with E-state index in [0.717, 1.165) is 45.6 Å². The highest BCUT2D eigenvalue weighted by atomic mass is 16.5. The molecule has 1 rings (SSSR count). The SMILES string of the molecule is CCCCOCCN1CCC(C(=O)O)C1. The molecule has 1 aliphatic rings. The topological polar surface area (TPSA) is 49.8 Å². The van der Waals surface area contributed by atoms with Gasteiger partial charge in [0.05, 0.1) is 12.5 Å². The third-order valence-electron chi connectivity index (χ3n) is 2.82. The number of rotatable bonds is 7. The van der Waals surface area contributed by atoms with E-state index in [4.69, 9.17) is 9.84 Å². The molecular formula is C11H21NO3. The van der Waals surface area contributed by atoms with Crippen molar-refractivity contribution in [1.82, 2.24) is 4.90 Å². The molecule has 0 spiro atoms. The Morgan fingerprint density at radius 2 is 2.33 bits per heavy atom. The second-order valence-electron chi connectivity index (χ2n) is 4.09. The van der Waals surface area contributed by atoms with Crippen LogP contribution in [0.5, 0.6) is 0 Å². The van der Waals surface area contributed by atoms with Gasteiger partial charge in [-0.3, -0.25) is 4.79 Å². The van der Waals surface area contributed by atoms with Crippen molar-refractivity contribution in [2.75, 3.05) is 32.8 Å². The van der Waals surface area contributed by atoms with E-state index in [9.17, 15) is 4.79 Å². The lowest BCUT2D eigenvalue weighted by molar-refractivity contribution is -0.141. The largest absolute Gasteiger partial charge is 0.481 e. The molecule has 0 aromatic carbocycles. The van der Waals surface area contributed by atoms with E-state index in [1.165, 1.54) is 0 Å². The van der Waals surface area contributed by atoms with Crippen molar-refractivity contribution >= 4 is 5.97 Å². The first-order valence-electron chi connectivity index (χ1n) is 5.77. The number of unbranched alkanes of at least 4 members (excludes halogenated alkanes) is 1. The Morgan fingerprint density at radius 3 is 2.93 bits per heavy atom. The Hall–Kier alpha value is -0.610. The first kappa shape index (κ1) is 12.5. The van der Waals surface area contributed by atoms with E-state index in [-0.39, 0.29) is 5.92 Å². The molecule has 0 radical (unpaired) electrons. The van der Waals surface area contributed by atoms with Crippen LogP contribution in [-0.4, -0.2) is 48.8 Å². The minimum absolute atomic E-state index is 0.166. The van der Waals surface area contributed by atoms with Gasteiger partial charge < -0.3 is 14.7 Å². The number of hydrogen-bond donors (Lipinski definition) is 1. The number of carboxylic acids is 1. The van der Waals surface area contributed by atoms with Crippen LogP contribution < -0.4 is 0 Å². The molecule has 1 saturated heterocycles. The summed E-state index contributed by atoms with van der Waals surface area (Å²) in [6.07, 6.45) is 3.05. The number of likely N-dealkylation sites (tertiary alicyclic amines) is 1. The minimum atomic E-state index is -0.663. The van der Waals surface area contributed by atoms with Gasteiger partial charge in [-0.25, -0.2) is 0 Å². The van der Waals surface area contributed by atoms with Crippen LogP contribution in [0.25, 0.3) is 0 Å². The minimum Gasteiger partial charge on any atom is -0.481 e. The fraction of sp³-hybridized carbons (Fsp3) is 0.909. The summed E-state index contributed by atoms with van der Waals surface area (Å²) in [5, 5.41) is 8.81. The third-order valence-corrected chi connectivity index (χ3v) is 2.82. The average Bonchev–Trinajstić information content (AvgIpc) is 2.66. The molecule has 1 atom stereocenters. The summed E-state index contributed by atoms with van der Waals surface area (Å²) in [5.74, 6) is -0.829. The number of nitrogens with zero attached hydrogens (tertiary/aromatic N) is 1. The standard InChI is InChI=1S/C11H21NO3/c1-2-3-7-15-8-6-12-5-4-10(9-12)11(13)14/h10H,2-9H2,1H3,(H,13,14). The number of aliphatic carboxylic acids is 1. The van der Waals surface area contributed by atoms with Crippen molar-refractivity contribution in [1.29, 1.82) is 0 Å². The normalized spacial score (nSPS) is 22.1. The molecule has 88 valence electrons. The molecule has 0 aromatic heterocycles. The molecular weight excluding hydrogens is 194 g/mol.